The predicted molar refractivity (Wildman–Crippen MR) is 71.4 cm³/mol. The van der Waals surface area contributed by atoms with E-state index in [-0.39, 0.29) is 12.2 Å². The summed E-state index contributed by atoms with van der Waals surface area (Å²) in [6.07, 6.45) is 3.25. The smallest absolute Gasteiger partial charge is 0.358 e. The van der Waals surface area contributed by atoms with Crippen LogP contribution in [0.3, 0.4) is 0 Å². The minimum atomic E-state index is -1.10. The Labute approximate surface area is 117 Å². The molecule has 3 rings (SSSR count). The van der Waals surface area contributed by atoms with Crippen molar-refractivity contribution in [3.63, 3.8) is 0 Å². The molecule has 0 saturated carbocycles. The number of rotatable bonds is 4. The second-order valence-corrected chi connectivity index (χ2v) is 4.84. The minimum Gasteiger partial charge on any atom is -0.476 e. The van der Waals surface area contributed by atoms with Gasteiger partial charge in [-0.3, -0.25) is 0 Å². The predicted octanol–water partition coefficient (Wildman–Crippen LogP) is 1.54. The van der Waals surface area contributed by atoms with Crippen LogP contribution in [-0.2, 0) is 6.54 Å². The van der Waals surface area contributed by atoms with Crippen LogP contribution in [0.5, 0.6) is 0 Å². The van der Waals surface area contributed by atoms with Gasteiger partial charge in [-0.15, -0.1) is 16.4 Å². The molecule has 7 nitrogen and oxygen atoms in total. The van der Waals surface area contributed by atoms with Crippen LogP contribution in [0.15, 0.2) is 36.0 Å². The molecule has 3 aromatic rings. The molecular weight excluding hydrogens is 278 g/mol. The number of hydrogen-bond donors (Lipinski definition) is 1. The van der Waals surface area contributed by atoms with E-state index in [9.17, 15) is 9.90 Å². The molecule has 100 valence electrons. The fourth-order valence-corrected chi connectivity index (χ4v) is 2.55. The highest BCUT2D eigenvalue weighted by Gasteiger charge is 2.21. The maximum Gasteiger partial charge on any atom is 0.358 e. The van der Waals surface area contributed by atoms with E-state index in [2.05, 4.69) is 20.3 Å². The van der Waals surface area contributed by atoms with Crippen molar-refractivity contribution in [1.82, 2.24) is 25.0 Å². The normalized spacial score (nSPS) is 10.6. The summed E-state index contributed by atoms with van der Waals surface area (Å²) in [4.78, 5) is 20.2. The summed E-state index contributed by atoms with van der Waals surface area (Å²) in [5.41, 5.74) is 0.406. The van der Waals surface area contributed by atoms with Crippen LogP contribution in [0.1, 0.15) is 16.3 Å². The van der Waals surface area contributed by atoms with Crippen LogP contribution < -0.4 is 0 Å². The molecule has 0 amide bonds. The molecule has 0 saturated heterocycles. The highest BCUT2D eigenvalue weighted by atomic mass is 32.1. The van der Waals surface area contributed by atoms with Gasteiger partial charge >= 0.3 is 5.97 Å². The van der Waals surface area contributed by atoms with E-state index >= 15 is 0 Å². The summed E-state index contributed by atoms with van der Waals surface area (Å²) < 4.78 is 1.50. The molecule has 8 heteroatoms. The van der Waals surface area contributed by atoms with E-state index in [4.69, 9.17) is 0 Å². The van der Waals surface area contributed by atoms with Gasteiger partial charge in [0, 0.05) is 12.4 Å². The topological polar surface area (TPSA) is 93.8 Å². The van der Waals surface area contributed by atoms with Crippen molar-refractivity contribution in [3.8, 4) is 10.6 Å². The summed E-state index contributed by atoms with van der Waals surface area (Å²) in [7, 11) is 0. The van der Waals surface area contributed by atoms with E-state index in [1.807, 2.05) is 17.5 Å². The maximum absolute atomic E-state index is 11.2. The molecule has 0 spiro atoms. The summed E-state index contributed by atoms with van der Waals surface area (Å²) in [6.45, 7) is 0.272. The van der Waals surface area contributed by atoms with Gasteiger partial charge in [-0.1, -0.05) is 11.3 Å². The lowest BCUT2D eigenvalue weighted by molar-refractivity contribution is 0.0691. The third-order valence-electron chi connectivity index (χ3n) is 2.60. The molecule has 20 heavy (non-hydrogen) atoms. The molecule has 0 fully saturated rings. The number of nitrogens with zero attached hydrogens (tertiary/aromatic N) is 5. The second-order valence-electron chi connectivity index (χ2n) is 3.89. The van der Waals surface area contributed by atoms with Gasteiger partial charge in [0.2, 0.25) is 0 Å². The lowest BCUT2D eigenvalue weighted by Gasteiger charge is -2.04. The van der Waals surface area contributed by atoms with Crippen molar-refractivity contribution >= 4 is 17.3 Å². The lowest BCUT2D eigenvalue weighted by Crippen LogP contribution is -2.08. The zero-order valence-electron chi connectivity index (χ0n) is 10.2. The Kier molecular flexibility index (Phi) is 3.21. The van der Waals surface area contributed by atoms with Crippen LogP contribution in [-0.4, -0.2) is 36.0 Å². The van der Waals surface area contributed by atoms with Gasteiger partial charge in [0.25, 0.3) is 0 Å². The summed E-state index contributed by atoms with van der Waals surface area (Å²) in [6, 6.07) is 5.40. The molecule has 0 aliphatic carbocycles. The molecule has 0 aromatic carbocycles. The third-order valence-corrected chi connectivity index (χ3v) is 3.48. The van der Waals surface area contributed by atoms with Crippen molar-refractivity contribution in [1.29, 1.82) is 0 Å². The second kappa shape index (κ2) is 5.17. The molecule has 3 heterocycles. The van der Waals surface area contributed by atoms with Crippen molar-refractivity contribution in [2.24, 2.45) is 0 Å². The zero-order chi connectivity index (χ0) is 13.9. The average molecular weight is 287 g/mol. The lowest BCUT2D eigenvalue weighted by atomic mass is 10.2. The van der Waals surface area contributed by atoms with E-state index in [1.165, 1.54) is 16.0 Å². The number of aromatic carboxylic acids is 1. The van der Waals surface area contributed by atoms with Crippen molar-refractivity contribution in [3.05, 3.63) is 47.5 Å². The highest BCUT2D eigenvalue weighted by molar-refractivity contribution is 7.13. The molecule has 3 aromatic heterocycles. The maximum atomic E-state index is 11.2. The number of carbonyl (C=O) groups is 1. The largest absolute Gasteiger partial charge is 0.476 e. The van der Waals surface area contributed by atoms with Crippen LogP contribution >= 0.6 is 11.3 Å². The molecule has 0 atom stereocenters. The first-order chi connectivity index (χ1) is 9.75. The van der Waals surface area contributed by atoms with Crippen molar-refractivity contribution in [2.45, 2.75) is 6.54 Å². The first kappa shape index (κ1) is 12.4. The van der Waals surface area contributed by atoms with Gasteiger partial charge in [0.05, 0.1) is 4.88 Å². The Balaban J connectivity index is 2.06. The van der Waals surface area contributed by atoms with Crippen LogP contribution in [0.2, 0.25) is 0 Å². The highest BCUT2D eigenvalue weighted by Crippen LogP contribution is 2.27. The zero-order valence-corrected chi connectivity index (χ0v) is 11.0. The standard InChI is InChI=1S/C12H9N5O2S/c18-12(19)10-11(8-3-1-6-20-8)17(16-15-10)7-9-13-4-2-5-14-9/h1-6H,7H2,(H,18,19). The molecule has 1 N–H and O–H groups in total. The molecular formula is C12H9N5O2S. The summed E-state index contributed by atoms with van der Waals surface area (Å²) in [5.74, 6) is -0.555. The third kappa shape index (κ3) is 2.28. The van der Waals surface area contributed by atoms with Crippen LogP contribution in [0, 0.1) is 0 Å². The van der Waals surface area contributed by atoms with Gasteiger partial charge < -0.3 is 5.11 Å². The van der Waals surface area contributed by atoms with Crippen molar-refractivity contribution in [2.75, 3.05) is 0 Å². The van der Waals surface area contributed by atoms with Gasteiger partial charge in [-0.25, -0.2) is 19.4 Å². The molecule has 0 aliphatic heterocycles. The Bertz CT molecular complexity index is 724. The number of carboxylic acid groups (broad SMARTS) is 1. The van der Waals surface area contributed by atoms with E-state index in [1.54, 1.807) is 18.5 Å². The number of hydrogen-bond acceptors (Lipinski definition) is 6. The SMILES string of the molecule is O=C(O)c1nnn(Cc2ncccn2)c1-c1cccs1. The van der Waals surface area contributed by atoms with E-state index in [0.717, 1.165) is 4.88 Å². The summed E-state index contributed by atoms with van der Waals surface area (Å²) in [5, 5.41) is 18.7. The van der Waals surface area contributed by atoms with Crippen molar-refractivity contribution < 1.29 is 9.90 Å². The molecule has 0 unspecified atom stereocenters. The quantitative estimate of drug-likeness (QED) is 0.782. The number of carboxylic acids is 1. The Morgan fingerprint density at radius 3 is 2.75 bits per heavy atom. The first-order valence-corrected chi connectivity index (χ1v) is 6.60. The van der Waals surface area contributed by atoms with E-state index < -0.39 is 5.97 Å². The van der Waals surface area contributed by atoms with Gasteiger partial charge in [-0.05, 0) is 17.5 Å². The summed E-state index contributed by atoms with van der Waals surface area (Å²) >= 11 is 1.43. The van der Waals surface area contributed by atoms with Crippen LogP contribution in [0.25, 0.3) is 10.6 Å². The fourth-order valence-electron chi connectivity index (χ4n) is 1.77. The molecule has 0 radical (unpaired) electrons. The molecule has 0 aliphatic rings. The number of aromatic nitrogens is 5. The van der Waals surface area contributed by atoms with Gasteiger partial charge in [0.1, 0.15) is 18.1 Å². The fraction of sp³-hybridized carbons (Fsp3) is 0.0833. The Hall–Kier alpha value is -2.61. The van der Waals surface area contributed by atoms with E-state index in [0.29, 0.717) is 11.5 Å². The molecule has 0 bridgehead atoms. The minimum absolute atomic E-state index is 0.0663. The average Bonchev–Trinajstić information content (AvgIpc) is 3.08. The van der Waals surface area contributed by atoms with Gasteiger partial charge in [0.15, 0.2) is 5.69 Å². The first-order valence-electron chi connectivity index (χ1n) is 5.72. The Morgan fingerprint density at radius 2 is 2.10 bits per heavy atom. The Morgan fingerprint density at radius 1 is 1.30 bits per heavy atom. The monoisotopic (exact) mass is 287 g/mol. The number of thiophene rings is 1. The van der Waals surface area contributed by atoms with Gasteiger partial charge in [-0.2, -0.15) is 0 Å². The van der Waals surface area contributed by atoms with Crippen LogP contribution in [0.4, 0.5) is 0 Å².